The van der Waals surface area contributed by atoms with Crippen molar-refractivity contribution >= 4 is 18.0 Å². The normalized spacial score (nSPS) is 14.2. The predicted molar refractivity (Wildman–Crippen MR) is 112 cm³/mol. The van der Waals surface area contributed by atoms with Gasteiger partial charge in [-0.15, -0.1) is 0 Å². The van der Waals surface area contributed by atoms with E-state index in [0.29, 0.717) is 0 Å². The molecule has 2 amide bonds. The van der Waals surface area contributed by atoms with Crippen molar-refractivity contribution in [2.75, 3.05) is 6.61 Å². The Morgan fingerprint density at radius 2 is 1.53 bits per heavy atom. The number of hydrogen-bond donors (Lipinski definition) is 3. The van der Waals surface area contributed by atoms with Crippen LogP contribution < -0.4 is 10.6 Å². The molecule has 0 heterocycles. The number of carbonyl (C=O) groups is 3. The van der Waals surface area contributed by atoms with Crippen molar-refractivity contribution in [2.45, 2.75) is 44.2 Å². The quantitative estimate of drug-likeness (QED) is 0.547. The molecule has 2 atom stereocenters. The number of carbonyl (C=O) groups excluding carboxylic acids is 2. The van der Waals surface area contributed by atoms with Crippen LogP contribution in [-0.2, 0) is 14.3 Å². The highest BCUT2D eigenvalue weighted by Gasteiger charge is 2.30. The lowest BCUT2D eigenvalue weighted by Crippen LogP contribution is -2.45. The lowest BCUT2D eigenvalue weighted by atomic mass is 9.98. The number of amides is 2. The number of ether oxygens (including phenoxy) is 1. The van der Waals surface area contributed by atoms with Gasteiger partial charge in [-0.05, 0) is 29.2 Å². The van der Waals surface area contributed by atoms with Crippen LogP contribution in [0.25, 0.3) is 11.1 Å². The van der Waals surface area contributed by atoms with Gasteiger partial charge in [0.2, 0.25) is 5.91 Å². The molecule has 32 heavy (non-hydrogen) atoms. The summed E-state index contributed by atoms with van der Waals surface area (Å²) in [6, 6.07) is 12.9. The minimum atomic E-state index is -3.00. The van der Waals surface area contributed by atoms with E-state index in [9.17, 15) is 23.2 Å². The molecule has 0 saturated carbocycles. The number of benzene rings is 2. The fourth-order valence-electron chi connectivity index (χ4n) is 3.84. The summed E-state index contributed by atoms with van der Waals surface area (Å²) >= 11 is 0. The molecule has 2 aromatic carbocycles. The Morgan fingerprint density at radius 3 is 2.06 bits per heavy atom. The Kier molecular flexibility index (Phi) is 7.40. The van der Waals surface area contributed by atoms with Crippen molar-refractivity contribution < 1.29 is 33.0 Å². The monoisotopic (exact) mass is 446 g/mol. The van der Waals surface area contributed by atoms with Crippen LogP contribution in [0.1, 0.15) is 36.8 Å². The summed E-state index contributed by atoms with van der Waals surface area (Å²) in [5.74, 6) is -2.14. The first-order chi connectivity index (χ1) is 15.3. The van der Waals surface area contributed by atoms with Gasteiger partial charge in [0.1, 0.15) is 12.6 Å². The fourth-order valence-corrected chi connectivity index (χ4v) is 3.84. The molecule has 1 unspecified atom stereocenters. The van der Waals surface area contributed by atoms with Crippen molar-refractivity contribution in [1.29, 1.82) is 0 Å². The average molecular weight is 446 g/mol. The van der Waals surface area contributed by atoms with Crippen LogP contribution in [0.15, 0.2) is 48.5 Å². The third kappa shape index (κ3) is 5.60. The molecule has 0 fully saturated rings. The van der Waals surface area contributed by atoms with Crippen molar-refractivity contribution in [3.05, 3.63) is 59.7 Å². The highest BCUT2D eigenvalue weighted by atomic mass is 19.3. The average Bonchev–Trinajstić information content (AvgIpc) is 3.05. The fraction of sp³-hybridized carbons (Fsp3) is 0.348. The minimum Gasteiger partial charge on any atom is -0.481 e. The summed E-state index contributed by atoms with van der Waals surface area (Å²) in [5, 5.41) is 13.1. The van der Waals surface area contributed by atoms with E-state index < -0.39 is 42.9 Å². The van der Waals surface area contributed by atoms with Gasteiger partial charge in [0, 0.05) is 12.0 Å². The Morgan fingerprint density at radius 1 is 0.969 bits per heavy atom. The number of carboxylic acids is 1. The molecule has 0 saturated heterocycles. The third-order valence-corrected chi connectivity index (χ3v) is 5.24. The van der Waals surface area contributed by atoms with Gasteiger partial charge in [-0.1, -0.05) is 48.5 Å². The van der Waals surface area contributed by atoms with Crippen LogP contribution >= 0.6 is 0 Å². The maximum atomic E-state index is 13.4. The second-order valence-corrected chi connectivity index (χ2v) is 7.68. The van der Waals surface area contributed by atoms with Crippen LogP contribution in [0, 0.1) is 0 Å². The zero-order valence-electron chi connectivity index (χ0n) is 17.4. The van der Waals surface area contributed by atoms with Crippen molar-refractivity contribution in [3.63, 3.8) is 0 Å². The number of aliphatic carboxylic acids is 1. The van der Waals surface area contributed by atoms with Gasteiger partial charge in [0.15, 0.2) is 0 Å². The van der Waals surface area contributed by atoms with Crippen molar-refractivity contribution in [3.8, 4) is 11.1 Å². The number of fused-ring (bicyclic) bond motifs is 3. The Hall–Kier alpha value is -3.49. The smallest absolute Gasteiger partial charge is 0.407 e. The Balaban J connectivity index is 1.58. The largest absolute Gasteiger partial charge is 0.481 e. The van der Waals surface area contributed by atoms with E-state index in [-0.39, 0.29) is 18.9 Å². The van der Waals surface area contributed by atoms with Gasteiger partial charge >= 0.3 is 12.1 Å². The molecular weight excluding hydrogens is 422 g/mol. The summed E-state index contributed by atoms with van der Waals surface area (Å²) in [4.78, 5) is 34.8. The van der Waals surface area contributed by atoms with Crippen LogP contribution in [-0.4, -0.2) is 48.2 Å². The number of alkyl halides is 2. The molecule has 0 spiro atoms. The van der Waals surface area contributed by atoms with Gasteiger partial charge in [-0.3, -0.25) is 9.59 Å². The van der Waals surface area contributed by atoms with Gasteiger partial charge < -0.3 is 20.5 Å². The van der Waals surface area contributed by atoms with Crippen molar-refractivity contribution in [2.24, 2.45) is 0 Å². The van der Waals surface area contributed by atoms with E-state index in [1.54, 1.807) is 0 Å². The molecule has 2 aromatic rings. The van der Waals surface area contributed by atoms with Crippen LogP contribution in [0.5, 0.6) is 0 Å². The predicted octanol–water partition coefficient (Wildman–Crippen LogP) is 3.53. The second kappa shape index (κ2) is 10.2. The molecule has 0 radical (unpaired) electrons. The first-order valence-corrected chi connectivity index (χ1v) is 10.2. The number of hydrogen-bond acceptors (Lipinski definition) is 4. The summed E-state index contributed by atoms with van der Waals surface area (Å²) < 4.78 is 32.0. The molecule has 170 valence electrons. The number of alkyl carbamates (subject to hydrolysis) is 1. The lowest BCUT2D eigenvalue weighted by molar-refractivity contribution is -0.137. The Bertz CT molecular complexity index is 952. The van der Waals surface area contributed by atoms with Gasteiger partial charge in [0.25, 0.3) is 6.43 Å². The molecule has 3 rings (SSSR count). The summed E-state index contributed by atoms with van der Waals surface area (Å²) in [6.07, 6.45) is -5.10. The molecule has 0 bridgehead atoms. The highest BCUT2D eigenvalue weighted by molar-refractivity contribution is 5.80. The molecule has 7 nitrogen and oxygen atoms in total. The molecule has 9 heteroatoms. The molecule has 0 aromatic heterocycles. The summed E-state index contributed by atoms with van der Waals surface area (Å²) in [6.45, 7) is 1.40. The van der Waals surface area contributed by atoms with Crippen LogP contribution in [0.4, 0.5) is 13.6 Å². The summed E-state index contributed by atoms with van der Waals surface area (Å²) in [5.41, 5.74) is 4.04. The van der Waals surface area contributed by atoms with E-state index in [1.165, 1.54) is 6.92 Å². The number of carboxylic acid groups (broad SMARTS) is 1. The Labute approximate surface area is 183 Å². The molecule has 0 aliphatic heterocycles. The molecule has 1 aliphatic rings. The van der Waals surface area contributed by atoms with Crippen LogP contribution in [0.3, 0.4) is 0 Å². The SMILES string of the molecule is C[C@@H](CC(=O)O)NC(=O)CC(NC(=O)OCC1c2ccccc2-c2ccccc21)C(F)F. The van der Waals surface area contributed by atoms with E-state index >= 15 is 0 Å². The van der Waals surface area contributed by atoms with Crippen LogP contribution in [0.2, 0.25) is 0 Å². The highest BCUT2D eigenvalue weighted by Crippen LogP contribution is 2.44. The second-order valence-electron chi connectivity index (χ2n) is 7.68. The number of nitrogens with one attached hydrogen (secondary N) is 2. The van der Waals surface area contributed by atoms with E-state index in [4.69, 9.17) is 9.84 Å². The number of halogens is 2. The topological polar surface area (TPSA) is 105 Å². The van der Waals surface area contributed by atoms with Crippen molar-refractivity contribution in [1.82, 2.24) is 10.6 Å². The first kappa shape index (κ1) is 23.2. The maximum absolute atomic E-state index is 13.4. The van der Waals surface area contributed by atoms with E-state index in [0.717, 1.165) is 22.3 Å². The lowest BCUT2D eigenvalue weighted by Gasteiger charge is -2.20. The van der Waals surface area contributed by atoms with Gasteiger partial charge in [0.05, 0.1) is 12.8 Å². The molecule has 1 aliphatic carbocycles. The first-order valence-electron chi connectivity index (χ1n) is 10.2. The van der Waals surface area contributed by atoms with E-state index in [2.05, 4.69) is 5.32 Å². The van der Waals surface area contributed by atoms with Gasteiger partial charge in [-0.25, -0.2) is 13.6 Å². The molecule has 3 N–H and O–H groups in total. The number of rotatable bonds is 9. The summed E-state index contributed by atoms with van der Waals surface area (Å²) in [7, 11) is 0. The zero-order chi connectivity index (χ0) is 23.3. The maximum Gasteiger partial charge on any atom is 0.407 e. The van der Waals surface area contributed by atoms with E-state index in [1.807, 2.05) is 53.8 Å². The van der Waals surface area contributed by atoms with Gasteiger partial charge in [-0.2, -0.15) is 0 Å². The standard InChI is InChI=1S/C23H24F2N2O5/c1-13(10-21(29)30)26-20(28)11-19(22(24)25)27-23(31)32-12-18-16-8-4-2-6-14(16)15-7-3-5-9-17(15)18/h2-9,13,18-19,22H,10-12H2,1H3,(H,26,28)(H,27,31)(H,29,30)/t13-,19?/m0/s1. The minimum absolute atomic E-state index is 0.0440. The third-order valence-electron chi connectivity index (χ3n) is 5.24. The zero-order valence-corrected chi connectivity index (χ0v) is 17.4. The molecular formula is C23H24F2N2O5.